The van der Waals surface area contributed by atoms with Crippen molar-refractivity contribution in [3.8, 4) is 0 Å². The molecule has 1 fully saturated rings. The summed E-state index contributed by atoms with van der Waals surface area (Å²) in [4.78, 5) is 25.6. The number of esters is 1. The Morgan fingerprint density at radius 2 is 2.00 bits per heavy atom. The van der Waals surface area contributed by atoms with Crippen LogP contribution >= 0.6 is 43.2 Å². The number of carbonyl (C=O) groups excluding carboxylic acids is 2. The van der Waals surface area contributed by atoms with Gasteiger partial charge in [0.25, 0.3) is 5.91 Å². The van der Waals surface area contributed by atoms with Crippen LogP contribution in [0.5, 0.6) is 0 Å². The van der Waals surface area contributed by atoms with E-state index in [9.17, 15) is 9.59 Å². The largest absolute Gasteiger partial charge is 0.451 e. The third-order valence-corrected chi connectivity index (χ3v) is 5.87. The molecular formula is C11H11Br2NO3S. The Labute approximate surface area is 126 Å². The first-order chi connectivity index (χ1) is 8.58. The highest BCUT2D eigenvalue weighted by Crippen LogP contribution is 2.32. The van der Waals surface area contributed by atoms with Crippen molar-refractivity contribution in [2.45, 2.75) is 12.8 Å². The van der Waals surface area contributed by atoms with Crippen LogP contribution in [0.1, 0.15) is 22.5 Å². The molecule has 0 spiro atoms. The maximum atomic E-state index is 11.7. The van der Waals surface area contributed by atoms with E-state index in [2.05, 4.69) is 31.9 Å². The van der Waals surface area contributed by atoms with Crippen LogP contribution in [0.4, 0.5) is 0 Å². The molecule has 0 aromatic carbocycles. The zero-order chi connectivity index (χ0) is 13.1. The number of halogens is 2. The highest BCUT2D eigenvalue weighted by Gasteiger charge is 2.20. The quantitative estimate of drug-likeness (QED) is 0.737. The summed E-state index contributed by atoms with van der Waals surface area (Å²) >= 11 is 7.88. The van der Waals surface area contributed by atoms with Crippen molar-refractivity contribution in [2.24, 2.45) is 0 Å². The Balaban J connectivity index is 1.86. The molecule has 18 heavy (non-hydrogen) atoms. The molecule has 98 valence electrons. The fourth-order valence-corrected chi connectivity index (χ4v) is 3.63. The Bertz CT molecular complexity index is 449. The fraction of sp³-hybridized carbons (Fsp3) is 0.455. The maximum Gasteiger partial charge on any atom is 0.348 e. The van der Waals surface area contributed by atoms with E-state index in [1.165, 1.54) is 11.3 Å². The molecule has 7 heteroatoms. The topological polar surface area (TPSA) is 46.6 Å². The van der Waals surface area contributed by atoms with Crippen molar-refractivity contribution >= 4 is 55.1 Å². The molecule has 0 N–H and O–H groups in total. The van der Waals surface area contributed by atoms with Crippen LogP contribution in [-0.2, 0) is 9.53 Å². The molecule has 1 aliphatic heterocycles. The molecule has 0 aliphatic carbocycles. The Morgan fingerprint density at radius 1 is 1.33 bits per heavy atom. The summed E-state index contributed by atoms with van der Waals surface area (Å²) in [5.74, 6) is -0.575. The highest BCUT2D eigenvalue weighted by molar-refractivity contribution is 9.13. The first kappa shape index (κ1) is 14.0. The van der Waals surface area contributed by atoms with Gasteiger partial charge in [-0.2, -0.15) is 0 Å². The number of amides is 1. The summed E-state index contributed by atoms with van der Waals surface area (Å²) in [5.41, 5.74) is 0. The van der Waals surface area contributed by atoms with E-state index in [0.29, 0.717) is 4.88 Å². The van der Waals surface area contributed by atoms with Gasteiger partial charge in [-0.25, -0.2) is 4.79 Å². The zero-order valence-electron chi connectivity index (χ0n) is 9.45. The number of ether oxygens (including phenoxy) is 1. The Morgan fingerprint density at radius 3 is 2.56 bits per heavy atom. The Hall–Kier alpha value is -0.400. The predicted octanol–water partition coefficient (Wildman–Crippen LogP) is 3.05. The van der Waals surface area contributed by atoms with Crippen molar-refractivity contribution in [3.63, 3.8) is 0 Å². The van der Waals surface area contributed by atoms with Crippen LogP contribution in [0.25, 0.3) is 0 Å². The second kappa shape index (κ2) is 6.16. The van der Waals surface area contributed by atoms with E-state index >= 15 is 0 Å². The fourth-order valence-electron chi connectivity index (χ4n) is 1.70. The zero-order valence-corrected chi connectivity index (χ0v) is 13.4. The van der Waals surface area contributed by atoms with Crippen molar-refractivity contribution < 1.29 is 14.3 Å². The van der Waals surface area contributed by atoms with Gasteiger partial charge in [-0.3, -0.25) is 4.79 Å². The lowest BCUT2D eigenvalue weighted by Crippen LogP contribution is -2.31. The van der Waals surface area contributed by atoms with Gasteiger partial charge < -0.3 is 9.64 Å². The summed E-state index contributed by atoms with van der Waals surface area (Å²) < 4.78 is 6.65. The maximum absolute atomic E-state index is 11.7. The first-order valence-electron chi connectivity index (χ1n) is 5.47. The summed E-state index contributed by atoms with van der Waals surface area (Å²) in [5, 5.41) is 0. The number of nitrogens with zero attached hydrogens (tertiary/aromatic N) is 1. The molecule has 1 aromatic rings. The van der Waals surface area contributed by atoms with Gasteiger partial charge in [-0.05, 0) is 50.8 Å². The molecule has 1 saturated heterocycles. The molecule has 1 aliphatic rings. The SMILES string of the molecule is O=C(OCC(=O)N1CCCC1)c1cc(Br)c(Br)s1. The minimum absolute atomic E-state index is 0.115. The average Bonchev–Trinajstić information content (AvgIpc) is 2.97. The lowest BCUT2D eigenvalue weighted by Gasteiger charge is -2.14. The molecule has 0 saturated carbocycles. The number of thiophene rings is 1. The second-order valence-electron chi connectivity index (χ2n) is 3.90. The van der Waals surface area contributed by atoms with Gasteiger partial charge in [0.2, 0.25) is 0 Å². The molecular weight excluding hydrogens is 386 g/mol. The predicted molar refractivity (Wildman–Crippen MR) is 75.8 cm³/mol. The van der Waals surface area contributed by atoms with Crippen LogP contribution in [0, 0.1) is 0 Å². The number of hydrogen-bond acceptors (Lipinski definition) is 4. The van der Waals surface area contributed by atoms with E-state index in [0.717, 1.165) is 34.2 Å². The van der Waals surface area contributed by atoms with Gasteiger partial charge in [0.05, 0.1) is 3.79 Å². The van der Waals surface area contributed by atoms with Gasteiger partial charge in [0.15, 0.2) is 6.61 Å². The smallest absolute Gasteiger partial charge is 0.348 e. The first-order valence-corrected chi connectivity index (χ1v) is 7.88. The van der Waals surface area contributed by atoms with E-state index < -0.39 is 5.97 Å². The summed E-state index contributed by atoms with van der Waals surface area (Å²) in [7, 11) is 0. The number of carbonyl (C=O) groups is 2. The van der Waals surface area contributed by atoms with Crippen molar-refractivity contribution in [1.29, 1.82) is 0 Å². The molecule has 1 amide bonds. The van der Waals surface area contributed by atoms with Gasteiger partial charge in [-0.15, -0.1) is 11.3 Å². The van der Waals surface area contributed by atoms with Crippen LogP contribution < -0.4 is 0 Å². The molecule has 2 heterocycles. The normalized spacial score (nSPS) is 14.9. The van der Waals surface area contributed by atoms with Crippen LogP contribution in [-0.4, -0.2) is 36.5 Å². The average molecular weight is 397 g/mol. The van der Waals surface area contributed by atoms with Crippen LogP contribution in [0.15, 0.2) is 14.3 Å². The monoisotopic (exact) mass is 395 g/mol. The minimum Gasteiger partial charge on any atom is -0.451 e. The lowest BCUT2D eigenvalue weighted by atomic mass is 10.4. The number of hydrogen-bond donors (Lipinski definition) is 0. The van der Waals surface area contributed by atoms with E-state index in [4.69, 9.17) is 4.74 Å². The van der Waals surface area contributed by atoms with Crippen LogP contribution in [0.2, 0.25) is 0 Å². The molecule has 0 unspecified atom stereocenters. The molecule has 0 radical (unpaired) electrons. The van der Waals surface area contributed by atoms with Gasteiger partial charge in [0, 0.05) is 17.6 Å². The van der Waals surface area contributed by atoms with Gasteiger partial charge in [0.1, 0.15) is 4.88 Å². The third kappa shape index (κ3) is 3.33. The second-order valence-corrected chi connectivity index (χ2v) is 7.12. The molecule has 0 bridgehead atoms. The van der Waals surface area contributed by atoms with Gasteiger partial charge >= 0.3 is 5.97 Å². The molecule has 1 aromatic heterocycles. The standard InChI is InChI=1S/C11H11Br2NO3S/c12-7-5-8(18-10(7)13)11(16)17-6-9(15)14-3-1-2-4-14/h5H,1-4,6H2. The van der Waals surface area contributed by atoms with Crippen molar-refractivity contribution in [3.05, 3.63) is 19.2 Å². The van der Waals surface area contributed by atoms with E-state index in [1.54, 1.807) is 11.0 Å². The van der Waals surface area contributed by atoms with E-state index in [1.807, 2.05) is 0 Å². The van der Waals surface area contributed by atoms with Crippen molar-refractivity contribution in [1.82, 2.24) is 4.90 Å². The lowest BCUT2D eigenvalue weighted by molar-refractivity contribution is -0.133. The summed E-state index contributed by atoms with van der Waals surface area (Å²) in [6.07, 6.45) is 2.06. The number of rotatable bonds is 3. The highest BCUT2D eigenvalue weighted by atomic mass is 79.9. The van der Waals surface area contributed by atoms with Crippen LogP contribution in [0.3, 0.4) is 0 Å². The minimum atomic E-state index is -0.459. The van der Waals surface area contributed by atoms with Crippen molar-refractivity contribution in [2.75, 3.05) is 19.7 Å². The van der Waals surface area contributed by atoms with Gasteiger partial charge in [-0.1, -0.05) is 0 Å². The molecule has 2 rings (SSSR count). The summed E-state index contributed by atoms with van der Waals surface area (Å²) in [6.45, 7) is 1.37. The number of likely N-dealkylation sites (tertiary alicyclic amines) is 1. The third-order valence-electron chi connectivity index (χ3n) is 2.63. The Kier molecular flexibility index (Phi) is 4.80. The summed E-state index contributed by atoms with van der Waals surface area (Å²) in [6, 6.07) is 1.68. The molecule has 0 atom stereocenters. The van der Waals surface area contributed by atoms with E-state index in [-0.39, 0.29) is 12.5 Å². The molecule has 4 nitrogen and oxygen atoms in total.